The van der Waals surface area contributed by atoms with E-state index in [2.05, 4.69) is 11.6 Å². The summed E-state index contributed by atoms with van der Waals surface area (Å²) in [6, 6.07) is 2.75. The van der Waals surface area contributed by atoms with Crippen LogP contribution in [0.4, 0.5) is 0 Å². The third kappa shape index (κ3) is 3.06. The van der Waals surface area contributed by atoms with Crippen molar-refractivity contribution in [2.24, 2.45) is 5.92 Å². The Bertz CT molecular complexity index is 583. The van der Waals surface area contributed by atoms with E-state index in [9.17, 15) is 13.5 Å². The highest BCUT2D eigenvalue weighted by Crippen LogP contribution is 2.33. The van der Waals surface area contributed by atoms with Gasteiger partial charge in [-0.1, -0.05) is 30.1 Å². The number of rotatable bonds is 4. The molecule has 1 aromatic carbocycles. The van der Waals surface area contributed by atoms with E-state index in [0.29, 0.717) is 5.92 Å². The standard InChI is InChI=1S/C12H15Cl2NO3S/c1-7-4-8(5-7)15-19(17,18)11-3-2-10(13)9(6-16)12(11)14/h2-3,7-8,15-16H,4-6H2,1H3. The SMILES string of the molecule is CC1CC(NS(=O)(=O)c2ccc(Cl)c(CO)c2Cl)C1. The highest BCUT2D eigenvalue weighted by molar-refractivity contribution is 7.89. The highest BCUT2D eigenvalue weighted by atomic mass is 35.5. The molecule has 0 bridgehead atoms. The number of halogens is 2. The van der Waals surface area contributed by atoms with E-state index in [-0.39, 0.29) is 26.5 Å². The highest BCUT2D eigenvalue weighted by Gasteiger charge is 2.31. The van der Waals surface area contributed by atoms with Crippen molar-refractivity contribution < 1.29 is 13.5 Å². The maximum absolute atomic E-state index is 12.2. The molecule has 0 aliphatic heterocycles. The van der Waals surface area contributed by atoms with Crippen LogP contribution in [-0.2, 0) is 16.6 Å². The summed E-state index contributed by atoms with van der Waals surface area (Å²) in [5.41, 5.74) is 0.230. The zero-order valence-electron chi connectivity index (χ0n) is 10.4. The Morgan fingerprint density at radius 2 is 2.00 bits per heavy atom. The van der Waals surface area contributed by atoms with E-state index in [1.165, 1.54) is 12.1 Å². The average molecular weight is 324 g/mol. The van der Waals surface area contributed by atoms with Gasteiger partial charge in [0.2, 0.25) is 10.0 Å². The van der Waals surface area contributed by atoms with Crippen LogP contribution in [0.2, 0.25) is 10.0 Å². The van der Waals surface area contributed by atoms with Crippen LogP contribution in [0.1, 0.15) is 25.3 Å². The molecule has 2 N–H and O–H groups in total. The van der Waals surface area contributed by atoms with Crippen LogP contribution in [0.25, 0.3) is 0 Å². The molecule has 0 amide bonds. The van der Waals surface area contributed by atoms with Crippen LogP contribution in [0.3, 0.4) is 0 Å². The maximum atomic E-state index is 12.2. The van der Waals surface area contributed by atoms with E-state index in [1.54, 1.807) is 0 Å². The van der Waals surface area contributed by atoms with E-state index in [4.69, 9.17) is 23.2 Å². The van der Waals surface area contributed by atoms with E-state index >= 15 is 0 Å². The summed E-state index contributed by atoms with van der Waals surface area (Å²) in [5.74, 6) is 0.543. The second-order valence-electron chi connectivity index (χ2n) is 4.89. The molecule has 19 heavy (non-hydrogen) atoms. The van der Waals surface area contributed by atoms with Crippen molar-refractivity contribution in [2.75, 3.05) is 0 Å². The Balaban J connectivity index is 2.30. The van der Waals surface area contributed by atoms with Gasteiger partial charge in [-0.05, 0) is 30.9 Å². The summed E-state index contributed by atoms with van der Waals surface area (Å²) >= 11 is 11.9. The first-order chi connectivity index (χ1) is 8.85. The van der Waals surface area contributed by atoms with Gasteiger partial charge in [-0.3, -0.25) is 0 Å². The van der Waals surface area contributed by atoms with E-state index in [1.807, 2.05) is 0 Å². The van der Waals surface area contributed by atoms with Crippen molar-refractivity contribution in [3.05, 3.63) is 27.7 Å². The summed E-state index contributed by atoms with van der Waals surface area (Å²) in [4.78, 5) is -0.0397. The van der Waals surface area contributed by atoms with Crippen LogP contribution < -0.4 is 4.72 Å². The normalized spacial score (nSPS) is 23.2. The number of aliphatic hydroxyl groups is 1. The predicted molar refractivity (Wildman–Crippen MR) is 74.9 cm³/mol. The van der Waals surface area contributed by atoms with Gasteiger partial charge in [-0.2, -0.15) is 0 Å². The molecule has 1 fully saturated rings. The lowest BCUT2D eigenvalue weighted by molar-refractivity contribution is 0.270. The molecule has 106 valence electrons. The molecular weight excluding hydrogens is 309 g/mol. The minimum Gasteiger partial charge on any atom is -0.392 e. The number of aliphatic hydroxyl groups excluding tert-OH is 1. The Hall–Kier alpha value is -0.330. The number of nitrogens with one attached hydrogen (secondary N) is 1. The lowest BCUT2D eigenvalue weighted by atomic mass is 9.83. The summed E-state index contributed by atoms with van der Waals surface area (Å²) in [7, 11) is -3.68. The van der Waals surface area contributed by atoms with Crippen LogP contribution in [0.15, 0.2) is 17.0 Å². The molecule has 2 rings (SSSR count). The van der Waals surface area contributed by atoms with Crippen molar-refractivity contribution in [2.45, 2.75) is 37.3 Å². The largest absolute Gasteiger partial charge is 0.392 e. The molecule has 1 saturated carbocycles. The minimum atomic E-state index is -3.68. The molecular formula is C12H15Cl2NO3S. The van der Waals surface area contributed by atoms with Gasteiger partial charge in [-0.25, -0.2) is 13.1 Å². The first kappa shape index (κ1) is 15.1. The molecule has 7 heteroatoms. The van der Waals surface area contributed by atoms with Gasteiger partial charge in [0.15, 0.2) is 0 Å². The Morgan fingerprint density at radius 3 is 2.53 bits per heavy atom. The number of sulfonamides is 1. The monoisotopic (exact) mass is 323 g/mol. The second-order valence-corrected chi connectivity index (χ2v) is 7.36. The molecule has 1 aliphatic carbocycles. The summed E-state index contributed by atoms with van der Waals surface area (Å²) in [6.07, 6.45) is 1.66. The van der Waals surface area contributed by atoms with Gasteiger partial charge in [-0.15, -0.1) is 0 Å². The molecule has 0 spiro atoms. The first-order valence-electron chi connectivity index (χ1n) is 5.95. The number of hydrogen-bond donors (Lipinski definition) is 2. The topological polar surface area (TPSA) is 66.4 Å². The van der Waals surface area contributed by atoms with Crippen molar-refractivity contribution >= 4 is 33.2 Å². The fraction of sp³-hybridized carbons (Fsp3) is 0.500. The van der Waals surface area contributed by atoms with Crippen molar-refractivity contribution in [1.82, 2.24) is 4.72 Å². The fourth-order valence-corrected chi connectivity index (χ4v) is 4.37. The Labute approximate surface area is 122 Å². The third-order valence-electron chi connectivity index (χ3n) is 3.29. The Morgan fingerprint density at radius 1 is 1.37 bits per heavy atom. The molecule has 1 aromatic rings. The van der Waals surface area contributed by atoms with Gasteiger partial charge in [0, 0.05) is 16.6 Å². The van der Waals surface area contributed by atoms with Gasteiger partial charge in [0.1, 0.15) is 4.90 Å². The molecule has 0 radical (unpaired) electrons. The predicted octanol–water partition coefficient (Wildman–Crippen LogP) is 2.56. The Kier molecular flexibility index (Phi) is 4.42. The maximum Gasteiger partial charge on any atom is 0.242 e. The van der Waals surface area contributed by atoms with Gasteiger partial charge in [0.05, 0.1) is 11.6 Å². The van der Waals surface area contributed by atoms with E-state index in [0.717, 1.165) is 12.8 Å². The summed E-state index contributed by atoms with van der Waals surface area (Å²) in [5, 5.41) is 9.41. The summed E-state index contributed by atoms with van der Waals surface area (Å²) in [6.45, 7) is 1.67. The van der Waals surface area contributed by atoms with Crippen LogP contribution in [0, 0.1) is 5.92 Å². The van der Waals surface area contributed by atoms with Gasteiger partial charge in [0.25, 0.3) is 0 Å². The second kappa shape index (κ2) is 5.58. The smallest absolute Gasteiger partial charge is 0.242 e. The molecule has 0 aromatic heterocycles. The van der Waals surface area contributed by atoms with Crippen LogP contribution in [-0.4, -0.2) is 19.6 Å². The van der Waals surface area contributed by atoms with Gasteiger partial charge < -0.3 is 5.11 Å². The quantitative estimate of drug-likeness (QED) is 0.894. The first-order valence-corrected chi connectivity index (χ1v) is 8.19. The van der Waals surface area contributed by atoms with Crippen molar-refractivity contribution in [3.63, 3.8) is 0 Å². The molecule has 0 saturated heterocycles. The molecule has 1 aliphatic rings. The molecule has 4 nitrogen and oxygen atoms in total. The molecule has 0 heterocycles. The summed E-state index contributed by atoms with van der Waals surface area (Å²) < 4.78 is 27.1. The zero-order chi connectivity index (χ0) is 14.2. The van der Waals surface area contributed by atoms with Crippen LogP contribution >= 0.6 is 23.2 Å². The lowest BCUT2D eigenvalue weighted by Crippen LogP contribution is -2.43. The van der Waals surface area contributed by atoms with Crippen molar-refractivity contribution in [1.29, 1.82) is 0 Å². The zero-order valence-corrected chi connectivity index (χ0v) is 12.7. The fourth-order valence-electron chi connectivity index (χ4n) is 2.21. The van der Waals surface area contributed by atoms with Crippen LogP contribution in [0.5, 0.6) is 0 Å². The number of benzene rings is 1. The minimum absolute atomic E-state index is 0.0186. The molecule has 0 unspecified atom stereocenters. The lowest BCUT2D eigenvalue weighted by Gasteiger charge is -2.33. The van der Waals surface area contributed by atoms with Crippen molar-refractivity contribution in [3.8, 4) is 0 Å². The number of hydrogen-bond acceptors (Lipinski definition) is 3. The van der Waals surface area contributed by atoms with Gasteiger partial charge >= 0.3 is 0 Å². The molecule has 0 atom stereocenters. The average Bonchev–Trinajstić information content (AvgIpc) is 2.26. The third-order valence-corrected chi connectivity index (χ3v) is 5.75. The van der Waals surface area contributed by atoms with E-state index < -0.39 is 16.6 Å².